The number of amides is 1. The van der Waals surface area contributed by atoms with E-state index in [0.717, 1.165) is 47.1 Å². The smallest absolute Gasteiger partial charge is 0.254 e. The Labute approximate surface area is 146 Å². The Morgan fingerprint density at radius 2 is 2.00 bits per heavy atom. The quantitative estimate of drug-likeness (QED) is 0.617. The molecule has 0 unspecified atom stereocenters. The van der Waals surface area contributed by atoms with Crippen molar-refractivity contribution in [2.75, 3.05) is 11.1 Å². The fourth-order valence-electron chi connectivity index (χ4n) is 2.51. The molecule has 2 N–H and O–H groups in total. The summed E-state index contributed by atoms with van der Waals surface area (Å²) in [6, 6.07) is 7.38. The normalized spacial score (nSPS) is 13.4. The molecule has 0 saturated heterocycles. The molecule has 7 heteroatoms. The Bertz CT molecular complexity index is 774. The van der Waals surface area contributed by atoms with Crippen LogP contribution in [0.2, 0.25) is 0 Å². The van der Waals surface area contributed by atoms with Crippen molar-refractivity contribution in [3.63, 3.8) is 0 Å². The zero-order valence-electron chi connectivity index (χ0n) is 12.4. The lowest BCUT2D eigenvalue weighted by atomic mass is 9.97. The monoisotopic (exact) mass is 393 g/mol. The van der Waals surface area contributed by atoms with Crippen molar-refractivity contribution in [3.05, 3.63) is 50.3 Å². The molecule has 1 aliphatic carbocycles. The summed E-state index contributed by atoms with van der Waals surface area (Å²) in [5.41, 5.74) is 2.37. The van der Waals surface area contributed by atoms with Crippen LogP contribution >= 0.6 is 27.7 Å². The van der Waals surface area contributed by atoms with Crippen LogP contribution in [0.1, 0.15) is 24.1 Å². The fraction of sp³-hybridized carbons (Fsp3) is 0.312. The summed E-state index contributed by atoms with van der Waals surface area (Å²) >= 11 is 4.60. The number of nitrogens with one attached hydrogen (secondary N) is 2. The standard InChI is InChI=1S/C16H16BrN3O2S/c17-10-5-7-11(8-6-10)18-14(21)9-23-16-19-13-4-2-1-3-12(13)15(22)20-16/h5-8H,1-4,9H2,(H,18,21)(H,19,20,22). The third kappa shape index (κ3) is 4.23. The molecule has 0 radical (unpaired) electrons. The van der Waals surface area contributed by atoms with Crippen LogP contribution in [-0.2, 0) is 17.6 Å². The van der Waals surface area contributed by atoms with E-state index in [1.165, 1.54) is 11.8 Å². The lowest BCUT2D eigenvalue weighted by Gasteiger charge is -2.14. The van der Waals surface area contributed by atoms with Gasteiger partial charge in [-0.2, -0.15) is 0 Å². The molecular formula is C16H16BrN3O2S. The van der Waals surface area contributed by atoms with Crippen molar-refractivity contribution in [3.8, 4) is 0 Å². The van der Waals surface area contributed by atoms with Gasteiger partial charge >= 0.3 is 0 Å². The molecule has 23 heavy (non-hydrogen) atoms. The van der Waals surface area contributed by atoms with Gasteiger partial charge in [0.1, 0.15) is 0 Å². The fourth-order valence-corrected chi connectivity index (χ4v) is 3.46. The first-order chi connectivity index (χ1) is 11.1. The number of carbonyl (C=O) groups excluding carboxylic acids is 1. The van der Waals surface area contributed by atoms with Gasteiger partial charge in [-0.3, -0.25) is 9.59 Å². The van der Waals surface area contributed by atoms with Gasteiger partial charge in [0.05, 0.1) is 11.4 Å². The van der Waals surface area contributed by atoms with Gasteiger partial charge in [-0.1, -0.05) is 27.7 Å². The number of carbonyl (C=O) groups is 1. The van der Waals surface area contributed by atoms with Gasteiger partial charge in [-0.25, -0.2) is 4.98 Å². The number of hydrogen-bond acceptors (Lipinski definition) is 4. The van der Waals surface area contributed by atoms with Crippen LogP contribution in [-0.4, -0.2) is 21.6 Å². The van der Waals surface area contributed by atoms with Gasteiger partial charge in [-0.15, -0.1) is 0 Å². The number of fused-ring (bicyclic) bond motifs is 1. The van der Waals surface area contributed by atoms with E-state index in [4.69, 9.17) is 0 Å². The van der Waals surface area contributed by atoms with Crippen molar-refractivity contribution >= 4 is 39.3 Å². The summed E-state index contributed by atoms with van der Waals surface area (Å²) in [5.74, 6) is 0.0790. The lowest BCUT2D eigenvalue weighted by molar-refractivity contribution is -0.113. The average Bonchev–Trinajstić information content (AvgIpc) is 2.55. The van der Waals surface area contributed by atoms with E-state index in [2.05, 4.69) is 31.2 Å². The average molecular weight is 394 g/mol. The Morgan fingerprint density at radius 3 is 2.78 bits per heavy atom. The molecule has 0 atom stereocenters. The topological polar surface area (TPSA) is 74.8 Å². The van der Waals surface area contributed by atoms with Gasteiger partial charge in [0, 0.05) is 15.7 Å². The zero-order valence-corrected chi connectivity index (χ0v) is 14.8. The molecule has 1 amide bonds. The molecule has 0 spiro atoms. The summed E-state index contributed by atoms with van der Waals surface area (Å²) in [6.45, 7) is 0. The number of H-pyrrole nitrogens is 1. The Kier molecular flexibility index (Phi) is 5.17. The zero-order chi connectivity index (χ0) is 16.2. The lowest BCUT2D eigenvalue weighted by Crippen LogP contribution is -2.22. The second-order valence-electron chi connectivity index (χ2n) is 5.35. The van der Waals surface area contributed by atoms with Gasteiger partial charge in [0.15, 0.2) is 5.16 Å². The molecule has 1 aromatic carbocycles. The molecule has 1 aliphatic rings. The van der Waals surface area contributed by atoms with Crippen LogP contribution in [0.15, 0.2) is 38.7 Å². The van der Waals surface area contributed by atoms with Gasteiger partial charge in [0.2, 0.25) is 5.91 Å². The van der Waals surface area contributed by atoms with Crippen molar-refractivity contribution in [2.24, 2.45) is 0 Å². The molecular weight excluding hydrogens is 378 g/mol. The van der Waals surface area contributed by atoms with E-state index >= 15 is 0 Å². The minimum atomic E-state index is -0.127. The molecule has 1 heterocycles. The predicted octanol–water partition coefficient (Wildman–Crippen LogP) is 3.14. The maximum atomic E-state index is 12.0. The van der Waals surface area contributed by atoms with E-state index in [1.807, 2.05) is 24.3 Å². The van der Waals surface area contributed by atoms with E-state index < -0.39 is 0 Å². The van der Waals surface area contributed by atoms with E-state index in [1.54, 1.807) is 0 Å². The Hall–Kier alpha value is -1.60. The van der Waals surface area contributed by atoms with Crippen LogP contribution in [0, 0.1) is 0 Å². The summed E-state index contributed by atoms with van der Waals surface area (Å²) < 4.78 is 0.959. The Balaban J connectivity index is 1.61. The number of hydrogen-bond donors (Lipinski definition) is 2. The number of rotatable bonds is 4. The molecule has 0 bridgehead atoms. The minimum Gasteiger partial charge on any atom is -0.325 e. The highest BCUT2D eigenvalue weighted by Gasteiger charge is 2.16. The van der Waals surface area contributed by atoms with Crippen LogP contribution in [0.3, 0.4) is 0 Å². The largest absolute Gasteiger partial charge is 0.325 e. The number of benzene rings is 1. The third-order valence-electron chi connectivity index (χ3n) is 3.64. The van der Waals surface area contributed by atoms with Crippen LogP contribution < -0.4 is 10.9 Å². The van der Waals surface area contributed by atoms with Gasteiger partial charge < -0.3 is 10.3 Å². The summed E-state index contributed by atoms with van der Waals surface area (Å²) in [7, 11) is 0. The number of anilines is 1. The number of aryl methyl sites for hydroxylation is 1. The Morgan fingerprint density at radius 1 is 1.26 bits per heavy atom. The maximum absolute atomic E-state index is 12.0. The second kappa shape index (κ2) is 7.31. The predicted molar refractivity (Wildman–Crippen MR) is 95.0 cm³/mol. The first-order valence-electron chi connectivity index (χ1n) is 7.42. The van der Waals surface area contributed by atoms with Crippen molar-refractivity contribution in [1.29, 1.82) is 0 Å². The highest BCUT2D eigenvalue weighted by atomic mass is 79.9. The van der Waals surface area contributed by atoms with E-state index in [-0.39, 0.29) is 17.2 Å². The molecule has 0 fully saturated rings. The van der Waals surface area contributed by atoms with Crippen molar-refractivity contribution in [2.45, 2.75) is 30.8 Å². The maximum Gasteiger partial charge on any atom is 0.254 e. The highest BCUT2D eigenvalue weighted by molar-refractivity contribution is 9.10. The number of aromatic amines is 1. The highest BCUT2D eigenvalue weighted by Crippen LogP contribution is 2.20. The van der Waals surface area contributed by atoms with Crippen molar-refractivity contribution < 1.29 is 4.79 Å². The molecule has 5 nitrogen and oxygen atoms in total. The summed E-state index contributed by atoms with van der Waals surface area (Å²) in [5, 5.41) is 3.33. The molecule has 1 aromatic heterocycles. The number of thioether (sulfide) groups is 1. The minimum absolute atomic E-state index is 0.0643. The van der Waals surface area contributed by atoms with Crippen LogP contribution in [0.5, 0.6) is 0 Å². The van der Waals surface area contributed by atoms with Crippen molar-refractivity contribution in [1.82, 2.24) is 9.97 Å². The SMILES string of the molecule is O=C(CSc1nc2c(c(=O)[nH]1)CCCC2)Nc1ccc(Br)cc1. The van der Waals surface area contributed by atoms with E-state index in [0.29, 0.717) is 5.16 Å². The van der Waals surface area contributed by atoms with Crippen LogP contribution in [0.4, 0.5) is 5.69 Å². The van der Waals surface area contributed by atoms with Gasteiger partial charge in [0.25, 0.3) is 5.56 Å². The number of aromatic nitrogens is 2. The second-order valence-corrected chi connectivity index (χ2v) is 7.23. The summed E-state index contributed by atoms with van der Waals surface area (Å²) in [6.07, 6.45) is 3.75. The summed E-state index contributed by atoms with van der Waals surface area (Å²) in [4.78, 5) is 31.3. The van der Waals surface area contributed by atoms with E-state index in [9.17, 15) is 9.59 Å². The molecule has 0 saturated carbocycles. The number of nitrogens with zero attached hydrogens (tertiary/aromatic N) is 1. The van der Waals surface area contributed by atoms with Gasteiger partial charge in [-0.05, 0) is 49.9 Å². The molecule has 0 aliphatic heterocycles. The molecule has 2 aromatic rings. The molecule has 3 rings (SSSR count). The third-order valence-corrected chi connectivity index (χ3v) is 5.04. The first-order valence-corrected chi connectivity index (χ1v) is 9.20. The number of halogens is 1. The molecule has 120 valence electrons. The van der Waals surface area contributed by atoms with Crippen LogP contribution in [0.25, 0.3) is 0 Å². The first kappa shape index (κ1) is 16.3.